The maximum atomic E-state index is 11.3. The maximum absolute atomic E-state index is 11.3. The first kappa shape index (κ1) is 23.3. The van der Waals surface area contributed by atoms with Gasteiger partial charge in [0.1, 0.15) is 0 Å². The number of carbonyl (C=O) groups is 4. The summed E-state index contributed by atoms with van der Waals surface area (Å²) >= 11 is 0. The number of aliphatic hydroxyl groups is 3. The van der Waals surface area contributed by atoms with Crippen molar-refractivity contribution in [2.45, 2.75) is 50.7 Å². The van der Waals surface area contributed by atoms with Gasteiger partial charge in [-0.15, -0.1) is 0 Å². The van der Waals surface area contributed by atoms with Gasteiger partial charge in [-0.25, -0.2) is 4.79 Å². The second-order valence-corrected chi connectivity index (χ2v) is 5.42. The highest BCUT2D eigenvalue weighted by Gasteiger charge is 2.38. The van der Waals surface area contributed by atoms with E-state index < -0.39 is 66.9 Å². The molecule has 0 aromatic heterocycles. The summed E-state index contributed by atoms with van der Waals surface area (Å²) in [6.07, 6.45) is -6.21. The van der Waals surface area contributed by atoms with Crippen LogP contribution in [0.15, 0.2) is 5.11 Å². The Kier molecular flexibility index (Phi) is 9.84. The fourth-order valence-electron chi connectivity index (χ4n) is 2.15. The van der Waals surface area contributed by atoms with Crippen molar-refractivity contribution < 1.29 is 39.6 Å². The van der Waals surface area contributed by atoms with Gasteiger partial charge in [-0.1, -0.05) is 5.11 Å². The van der Waals surface area contributed by atoms with Crippen molar-refractivity contribution >= 4 is 23.6 Å². The van der Waals surface area contributed by atoms with E-state index in [0.717, 1.165) is 13.8 Å². The number of carboxylic acid groups (broad SMARTS) is 1. The highest BCUT2D eigenvalue weighted by Crippen LogP contribution is 2.13. The van der Waals surface area contributed by atoms with Crippen LogP contribution in [0, 0.1) is 0 Å². The third kappa shape index (κ3) is 7.90. The molecule has 0 aliphatic carbocycles. The van der Waals surface area contributed by atoms with Gasteiger partial charge < -0.3 is 31.1 Å². The monoisotopic (exact) mass is 375 g/mol. The van der Waals surface area contributed by atoms with Gasteiger partial charge in [-0.2, -0.15) is 0 Å². The minimum Gasteiger partial charge on any atom is -0.475 e. The molecule has 0 spiro atoms. The van der Waals surface area contributed by atoms with Crippen LogP contribution < -0.4 is 10.6 Å². The minimum absolute atomic E-state index is 0.546. The molecule has 146 valence electrons. The van der Waals surface area contributed by atoms with Crippen LogP contribution in [0.1, 0.15) is 20.3 Å². The number of nitrogens with one attached hydrogen (secondary N) is 2. The number of hydrogen-bond acceptors (Lipinski definition) is 8. The number of azide groups is 1. The molecule has 0 heterocycles. The first-order valence-corrected chi connectivity index (χ1v) is 7.36. The molecule has 0 aliphatic heterocycles. The summed E-state index contributed by atoms with van der Waals surface area (Å²) in [5, 5.41) is 46.5. The summed E-state index contributed by atoms with van der Waals surface area (Å²) in [6.45, 7) is 1.56. The summed E-state index contributed by atoms with van der Waals surface area (Å²) in [5.41, 5.74) is 8.29. The molecular weight excluding hydrogens is 354 g/mol. The van der Waals surface area contributed by atoms with Crippen LogP contribution in [0.4, 0.5) is 0 Å². The van der Waals surface area contributed by atoms with E-state index >= 15 is 0 Å². The van der Waals surface area contributed by atoms with Crippen LogP contribution in [0.5, 0.6) is 0 Å². The van der Waals surface area contributed by atoms with Gasteiger partial charge in [-0.3, -0.25) is 14.4 Å². The van der Waals surface area contributed by atoms with Crippen molar-refractivity contribution in [1.29, 1.82) is 0 Å². The molecule has 0 radical (unpaired) electrons. The van der Waals surface area contributed by atoms with Gasteiger partial charge in [0.25, 0.3) is 0 Å². The Morgan fingerprint density at radius 3 is 1.85 bits per heavy atom. The van der Waals surface area contributed by atoms with Crippen LogP contribution in [0.25, 0.3) is 10.4 Å². The Balaban J connectivity index is 5.58. The summed E-state index contributed by atoms with van der Waals surface area (Å²) in [6, 6.07) is -3.10. The van der Waals surface area contributed by atoms with Crippen molar-refractivity contribution in [3.8, 4) is 0 Å². The molecule has 0 rings (SSSR count). The third-order valence-electron chi connectivity index (χ3n) is 3.27. The molecule has 26 heavy (non-hydrogen) atoms. The fourth-order valence-corrected chi connectivity index (χ4v) is 2.15. The van der Waals surface area contributed by atoms with E-state index in [2.05, 4.69) is 20.7 Å². The zero-order chi connectivity index (χ0) is 20.4. The lowest BCUT2D eigenvalue weighted by atomic mass is 9.92. The number of ketones is 1. The zero-order valence-electron chi connectivity index (χ0n) is 14.1. The number of carboxylic acids is 1. The molecular formula is C13H21N5O8. The average Bonchev–Trinajstić information content (AvgIpc) is 2.54. The topological polar surface area (TPSA) is 222 Å². The van der Waals surface area contributed by atoms with E-state index in [0.29, 0.717) is 0 Å². The molecule has 13 nitrogen and oxygen atoms in total. The number of rotatable bonds is 11. The van der Waals surface area contributed by atoms with Crippen molar-refractivity contribution in [2.24, 2.45) is 5.11 Å². The molecule has 0 saturated heterocycles. The van der Waals surface area contributed by atoms with Crippen LogP contribution in [0.2, 0.25) is 0 Å². The van der Waals surface area contributed by atoms with Crippen molar-refractivity contribution in [3.63, 3.8) is 0 Å². The van der Waals surface area contributed by atoms with E-state index in [1.165, 1.54) is 0 Å². The Labute approximate surface area is 147 Å². The highest BCUT2D eigenvalue weighted by molar-refractivity contribution is 6.32. The Bertz CT molecular complexity index is 591. The van der Waals surface area contributed by atoms with Crippen LogP contribution >= 0.6 is 0 Å². The molecule has 0 aromatic rings. The van der Waals surface area contributed by atoms with Gasteiger partial charge in [0, 0.05) is 25.2 Å². The molecule has 0 bridgehead atoms. The third-order valence-corrected chi connectivity index (χ3v) is 3.27. The second kappa shape index (κ2) is 11.0. The number of carbonyl (C=O) groups excluding carboxylic acids is 3. The molecule has 13 heteroatoms. The van der Waals surface area contributed by atoms with E-state index in [9.17, 15) is 34.5 Å². The Morgan fingerprint density at radius 1 is 1.00 bits per heavy atom. The van der Waals surface area contributed by atoms with E-state index in [1.54, 1.807) is 0 Å². The maximum Gasteiger partial charge on any atom is 0.372 e. The number of aliphatic hydroxyl groups excluding tert-OH is 3. The van der Waals surface area contributed by atoms with Crippen LogP contribution in [-0.2, 0) is 19.2 Å². The normalized spacial score (nSPS) is 16.2. The standard InChI is InChI=1S/C13H21N5O8/c1-5(19)16-10(7(21)3-8(22)13(25)26)12(24)11(17-6(2)20)9(23)4-15-18-14/h7,9-12,21,23-24H,3-4H2,1-2H3,(H,16,19)(H,17,20)(H,25,26)/t7-,9+,10+,11+,12+/m0/s1. The molecule has 2 amide bonds. The van der Waals surface area contributed by atoms with Gasteiger partial charge in [0.15, 0.2) is 0 Å². The van der Waals surface area contributed by atoms with Gasteiger partial charge in [0.2, 0.25) is 17.6 Å². The lowest BCUT2D eigenvalue weighted by molar-refractivity contribution is -0.150. The summed E-state index contributed by atoms with van der Waals surface area (Å²) in [5.74, 6) is -4.61. The van der Waals surface area contributed by atoms with E-state index in [1.807, 2.05) is 0 Å². The van der Waals surface area contributed by atoms with Crippen molar-refractivity contribution in [3.05, 3.63) is 10.4 Å². The summed E-state index contributed by atoms with van der Waals surface area (Å²) in [7, 11) is 0. The second-order valence-electron chi connectivity index (χ2n) is 5.42. The number of amides is 2. The first-order chi connectivity index (χ1) is 12.0. The van der Waals surface area contributed by atoms with Crippen molar-refractivity contribution in [1.82, 2.24) is 10.6 Å². The average molecular weight is 375 g/mol. The summed E-state index contributed by atoms with van der Waals surface area (Å²) < 4.78 is 0. The predicted molar refractivity (Wildman–Crippen MR) is 84.5 cm³/mol. The van der Waals surface area contributed by atoms with E-state index in [-0.39, 0.29) is 0 Å². The van der Waals surface area contributed by atoms with Crippen LogP contribution in [-0.4, -0.2) is 80.9 Å². The lowest BCUT2D eigenvalue weighted by Gasteiger charge is -2.35. The molecule has 0 saturated carbocycles. The molecule has 5 atom stereocenters. The smallest absolute Gasteiger partial charge is 0.372 e. The number of hydrogen-bond donors (Lipinski definition) is 6. The van der Waals surface area contributed by atoms with Gasteiger partial charge in [-0.05, 0) is 5.53 Å². The van der Waals surface area contributed by atoms with Crippen molar-refractivity contribution in [2.75, 3.05) is 6.54 Å². The lowest BCUT2D eigenvalue weighted by Crippen LogP contribution is -2.62. The minimum atomic E-state index is -1.84. The number of Topliss-reactive ketones (excluding diaryl/α,β-unsaturated/α-hetero) is 1. The van der Waals surface area contributed by atoms with E-state index in [4.69, 9.17) is 10.6 Å². The summed E-state index contributed by atoms with van der Waals surface area (Å²) in [4.78, 5) is 46.9. The fraction of sp³-hybridized carbons (Fsp3) is 0.692. The molecule has 0 unspecified atom stereocenters. The SMILES string of the molecule is CC(=O)N[C@@H]([C@H](O)[C@H](NC(C)=O)[C@@H](O)CC(=O)C(=O)O)[C@H](O)CN=[N+]=[N-]. The molecule has 0 fully saturated rings. The zero-order valence-corrected chi connectivity index (χ0v) is 14.1. The van der Waals surface area contributed by atoms with Gasteiger partial charge >= 0.3 is 5.97 Å². The largest absolute Gasteiger partial charge is 0.475 e. The molecule has 6 N–H and O–H groups in total. The number of nitrogens with zero attached hydrogens (tertiary/aromatic N) is 3. The number of aliphatic carboxylic acids is 1. The molecule has 0 aromatic carbocycles. The van der Waals surface area contributed by atoms with Gasteiger partial charge in [0.05, 0.1) is 36.9 Å². The first-order valence-electron chi connectivity index (χ1n) is 7.36. The molecule has 0 aliphatic rings. The van der Waals surface area contributed by atoms with Crippen LogP contribution in [0.3, 0.4) is 0 Å². The Hall–Kier alpha value is -2.73. The predicted octanol–water partition coefficient (Wildman–Crippen LogP) is -2.57. The quantitative estimate of drug-likeness (QED) is 0.0972. The Morgan fingerprint density at radius 2 is 1.46 bits per heavy atom. The highest BCUT2D eigenvalue weighted by atomic mass is 16.4.